The summed E-state index contributed by atoms with van der Waals surface area (Å²) in [6, 6.07) is 0. The number of rotatable bonds is 3. The van der Waals surface area contributed by atoms with Crippen LogP contribution in [0.1, 0.15) is 25.8 Å². The minimum Gasteiger partial charge on any atom is -0.356 e. The average Bonchev–Trinajstić information content (AvgIpc) is 2.91. The van der Waals surface area contributed by atoms with Crippen molar-refractivity contribution in [3.05, 3.63) is 18.0 Å². The van der Waals surface area contributed by atoms with Crippen molar-refractivity contribution in [2.45, 2.75) is 26.7 Å². The highest BCUT2D eigenvalue weighted by atomic mass is 15.3. The second kappa shape index (κ2) is 5.63. The largest absolute Gasteiger partial charge is 0.356 e. The van der Waals surface area contributed by atoms with E-state index in [0.29, 0.717) is 5.41 Å². The van der Waals surface area contributed by atoms with Gasteiger partial charge in [-0.25, -0.2) is 0 Å². The van der Waals surface area contributed by atoms with Gasteiger partial charge in [0.15, 0.2) is 5.96 Å². The number of nitrogens with zero attached hydrogens (tertiary/aromatic N) is 4. The van der Waals surface area contributed by atoms with Crippen LogP contribution < -0.4 is 5.32 Å². The molecule has 19 heavy (non-hydrogen) atoms. The standard InChI is InChI=1S/C14H25N5/c1-14(2)6-8-19(11-14)13(15-3)16-7-5-12-9-17-18(4)10-12/h9-10H,5-8,11H2,1-4H3,(H,15,16). The Morgan fingerprint density at radius 1 is 1.53 bits per heavy atom. The van der Waals surface area contributed by atoms with Crippen LogP contribution in [0, 0.1) is 5.41 Å². The lowest BCUT2D eigenvalue weighted by Gasteiger charge is -2.23. The smallest absolute Gasteiger partial charge is 0.193 e. The lowest BCUT2D eigenvalue weighted by molar-refractivity contribution is 0.370. The van der Waals surface area contributed by atoms with E-state index in [4.69, 9.17) is 0 Å². The topological polar surface area (TPSA) is 45.5 Å². The van der Waals surface area contributed by atoms with Crippen LogP contribution in [0.5, 0.6) is 0 Å². The molecule has 1 aromatic heterocycles. The van der Waals surface area contributed by atoms with Gasteiger partial charge in [0.2, 0.25) is 0 Å². The molecule has 0 aromatic carbocycles. The zero-order chi connectivity index (χ0) is 13.9. The maximum absolute atomic E-state index is 4.38. The first-order chi connectivity index (χ1) is 9.00. The summed E-state index contributed by atoms with van der Waals surface area (Å²) in [7, 11) is 3.81. The van der Waals surface area contributed by atoms with Gasteiger partial charge in [0, 0.05) is 39.9 Å². The molecule has 0 radical (unpaired) electrons. The maximum atomic E-state index is 4.38. The van der Waals surface area contributed by atoms with E-state index in [0.717, 1.165) is 32.0 Å². The van der Waals surface area contributed by atoms with E-state index in [1.165, 1.54) is 12.0 Å². The molecule has 5 nitrogen and oxygen atoms in total. The van der Waals surface area contributed by atoms with Gasteiger partial charge in [-0.1, -0.05) is 13.8 Å². The number of nitrogens with one attached hydrogen (secondary N) is 1. The first kappa shape index (κ1) is 13.9. The van der Waals surface area contributed by atoms with Gasteiger partial charge in [-0.05, 0) is 23.8 Å². The van der Waals surface area contributed by atoms with Crippen molar-refractivity contribution < 1.29 is 0 Å². The molecule has 0 spiro atoms. The van der Waals surface area contributed by atoms with Gasteiger partial charge >= 0.3 is 0 Å². The molecule has 0 atom stereocenters. The fraction of sp³-hybridized carbons (Fsp3) is 0.714. The van der Waals surface area contributed by atoms with Gasteiger partial charge in [-0.2, -0.15) is 5.10 Å². The third-order valence-electron chi connectivity index (χ3n) is 3.64. The summed E-state index contributed by atoms with van der Waals surface area (Å²) in [5.74, 6) is 1.02. The molecule has 0 aliphatic carbocycles. The van der Waals surface area contributed by atoms with Gasteiger partial charge in [-0.15, -0.1) is 0 Å². The Morgan fingerprint density at radius 3 is 2.84 bits per heavy atom. The summed E-state index contributed by atoms with van der Waals surface area (Å²) in [6.07, 6.45) is 6.19. The maximum Gasteiger partial charge on any atom is 0.193 e. The Labute approximate surface area is 115 Å². The molecule has 1 N–H and O–H groups in total. The summed E-state index contributed by atoms with van der Waals surface area (Å²) in [5, 5.41) is 7.63. The van der Waals surface area contributed by atoms with E-state index in [1.54, 1.807) is 0 Å². The number of hydrogen-bond donors (Lipinski definition) is 1. The zero-order valence-corrected chi connectivity index (χ0v) is 12.5. The van der Waals surface area contributed by atoms with Gasteiger partial charge in [0.25, 0.3) is 0 Å². The molecule has 5 heteroatoms. The highest BCUT2D eigenvalue weighted by molar-refractivity contribution is 5.80. The quantitative estimate of drug-likeness (QED) is 0.660. The molecule has 2 heterocycles. The highest BCUT2D eigenvalue weighted by Crippen LogP contribution is 2.28. The van der Waals surface area contributed by atoms with Gasteiger partial charge in [0.05, 0.1) is 6.20 Å². The van der Waals surface area contributed by atoms with E-state index in [1.807, 2.05) is 25.0 Å². The van der Waals surface area contributed by atoms with E-state index >= 15 is 0 Å². The molecule has 1 aliphatic rings. The Hall–Kier alpha value is -1.52. The third kappa shape index (κ3) is 3.72. The van der Waals surface area contributed by atoms with Crippen LogP contribution in [0.2, 0.25) is 0 Å². The van der Waals surface area contributed by atoms with Crippen molar-refractivity contribution in [2.75, 3.05) is 26.7 Å². The van der Waals surface area contributed by atoms with E-state index in [9.17, 15) is 0 Å². The predicted octanol–water partition coefficient (Wildman–Crippen LogP) is 1.27. The van der Waals surface area contributed by atoms with E-state index < -0.39 is 0 Å². The minimum atomic E-state index is 0.404. The number of aromatic nitrogens is 2. The first-order valence-corrected chi connectivity index (χ1v) is 6.93. The van der Waals surface area contributed by atoms with Crippen molar-refractivity contribution in [3.63, 3.8) is 0 Å². The van der Waals surface area contributed by atoms with Crippen LogP contribution in [0.4, 0.5) is 0 Å². The Bertz CT molecular complexity index is 446. The van der Waals surface area contributed by atoms with E-state index in [2.05, 4.69) is 40.4 Å². The van der Waals surface area contributed by atoms with Crippen molar-refractivity contribution in [2.24, 2.45) is 17.5 Å². The van der Waals surface area contributed by atoms with Crippen molar-refractivity contribution >= 4 is 5.96 Å². The number of likely N-dealkylation sites (tertiary alicyclic amines) is 1. The molecule has 1 aromatic rings. The normalized spacial score (nSPS) is 18.9. The molecular weight excluding hydrogens is 238 g/mol. The lowest BCUT2D eigenvalue weighted by atomic mass is 9.93. The number of guanidine groups is 1. The molecule has 2 rings (SSSR count). The van der Waals surface area contributed by atoms with Crippen LogP contribution in [-0.2, 0) is 13.5 Å². The Morgan fingerprint density at radius 2 is 2.32 bits per heavy atom. The summed E-state index contributed by atoms with van der Waals surface area (Å²) in [5.41, 5.74) is 1.66. The third-order valence-corrected chi connectivity index (χ3v) is 3.64. The fourth-order valence-corrected chi connectivity index (χ4v) is 2.55. The van der Waals surface area contributed by atoms with Crippen LogP contribution >= 0.6 is 0 Å². The van der Waals surface area contributed by atoms with Crippen molar-refractivity contribution in [1.82, 2.24) is 20.0 Å². The molecule has 0 bridgehead atoms. The second-order valence-electron chi connectivity index (χ2n) is 6.08. The summed E-state index contributed by atoms with van der Waals surface area (Å²) < 4.78 is 1.84. The van der Waals surface area contributed by atoms with Crippen molar-refractivity contribution in [1.29, 1.82) is 0 Å². The summed E-state index contributed by atoms with van der Waals surface area (Å²) >= 11 is 0. The molecule has 1 aliphatic heterocycles. The number of aryl methyl sites for hydroxylation is 1. The first-order valence-electron chi connectivity index (χ1n) is 6.93. The van der Waals surface area contributed by atoms with Crippen LogP contribution in [-0.4, -0.2) is 47.3 Å². The van der Waals surface area contributed by atoms with Gasteiger partial charge < -0.3 is 10.2 Å². The van der Waals surface area contributed by atoms with Crippen LogP contribution in [0.15, 0.2) is 17.4 Å². The predicted molar refractivity (Wildman–Crippen MR) is 78.2 cm³/mol. The van der Waals surface area contributed by atoms with Crippen molar-refractivity contribution in [3.8, 4) is 0 Å². The Balaban J connectivity index is 1.81. The average molecular weight is 263 g/mol. The van der Waals surface area contributed by atoms with Crippen LogP contribution in [0.3, 0.4) is 0 Å². The molecule has 0 saturated carbocycles. The second-order valence-corrected chi connectivity index (χ2v) is 6.08. The molecule has 1 saturated heterocycles. The molecular formula is C14H25N5. The minimum absolute atomic E-state index is 0.404. The molecule has 0 amide bonds. The summed E-state index contributed by atoms with van der Waals surface area (Å²) in [6.45, 7) is 7.71. The molecule has 1 fully saturated rings. The Kier molecular flexibility index (Phi) is 4.12. The molecule has 106 valence electrons. The van der Waals surface area contributed by atoms with Gasteiger partial charge in [-0.3, -0.25) is 9.67 Å². The summed E-state index contributed by atoms with van der Waals surface area (Å²) in [4.78, 5) is 6.73. The van der Waals surface area contributed by atoms with Crippen LogP contribution in [0.25, 0.3) is 0 Å². The number of aliphatic imine (C=N–C) groups is 1. The molecule has 0 unspecified atom stereocenters. The number of hydrogen-bond acceptors (Lipinski definition) is 2. The van der Waals surface area contributed by atoms with Gasteiger partial charge in [0.1, 0.15) is 0 Å². The fourth-order valence-electron chi connectivity index (χ4n) is 2.55. The monoisotopic (exact) mass is 263 g/mol. The highest BCUT2D eigenvalue weighted by Gasteiger charge is 2.30. The zero-order valence-electron chi connectivity index (χ0n) is 12.5. The van der Waals surface area contributed by atoms with E-state index in [-0.39, 0.29) is 0 Å². The lowest BCUT2D eigenvalue weighted by Crippen LogP contribution is -2.41. The SMILES string of the molecule is CN=C(NCCc1cnn(C)c1)N1CCC(C)(C)C1.